The van der Waals surface area contributed by atoms with E-state index in [1.807, 2.05) is 0 Å². The molecule has 0 radical (unpaired) electrons. The molecular formula is C15H18ClFN4O4. The van der Waals surface area contributed by atoms with Crippen molar-refractivity contribution >= 4 is 41.2 Å². The lowest BCUT2D eigenvalue weighted by molar-refractivity contribution is -0.141. The number of benzene rings is 1. The summed E-state index contributed by atoms with van der Waals surface area (Å²) in [6.45, 7) is 2.70. The second-order valence-corrected chi connectivity index (χ2v) is 5.25. The SMILES string of the molecule is CC(=O)NCCN(C(=O)c1cc(F)cc2[nH]cnc12)C(C)C(=O)O.Cl. The number of carboxylic acids is 1. The van der Waals surface area contributed by atoms with Gasteiger partial charge < -0.3 is 20.3 Å². The van der Waals surface area contributed by atoms with Gasteiger partial charge in [0.2, 0.25) is 5.91 Å². The Kier molecular flexibility index (Phi) is 6.86. The van der Waals surface area contributed by atoms with E-state index in [-0.39, 0.29) is 42.5 Å². The minimum atomic E-state index is -1.21. The first-order valence-electron chi connectivity index (χ1n) is 7.22. The van der Waals surface area contributed by atoms with Crippen molar-refractivity contribution in [3.8, 4) is 0 Å². The van der Waals surface area contributed by atoms with Crippen LogP contribution in [0.2, 0.25) is 0 Å². The summed E-state index contributed by atoms with van der Waals surface area (Å²) in [5, 5.41) is 11.7. The summed E-state index contributed by atoms with van der Waals surface area (Å²) in [5.74, 6) is -2.82. The molecule has 2 rings (SSSR count). The number of halogens is 2. The van der Waals surface area contributed by atoms with E-state index in [0.717, 1.165) is 11.0 Å². The zero-order chi connectivity index (χ0) is 17.9. The van der Waals surface area contributed by atoms with E-state index in [4.69, 9.17) is 0 Å². The average molecular weight is 373 g/mol. The molecule has 2 amide bonds. The Bertz CT molecular complexity index is 795. The molecule has 0 saturated heterocycles. The van der Waals surface area contributed by atoms with Crippen molar-refractivity contribution in [1.29, 1.82) is 0 Å². The third-order valence-corrected chi connectivity index (χ3v) is 3.53. The highest BCUT2D eigenvalue weighted by molar-refractivity contribution is 6.05. The second kappa shape index (κ2) is 8.43. The van der Waals surface area contributed by atoms with Crippen LogP contribution in [0.15, 0.2) is 18.5 Å². The van der Waals surface area contributed by atoms with Crippen LogP contribution in [0.5, 0.6) is 0 Å². The van der Waals surface area contributed by atoms with Crippen molar-refractivity contribution < 1.29 is 23.9 Å². The molecule has 3 N–H and O–H groups in total. The highest BCUT2D eigenvalue weighted by Gasteiger charge is 2.28. The van der Waals surface area contributed by atoms with E-state index in [1.54, 1.807) is 0 Å². The summed E-state index contributed by atoms with van der Waals surface area (Å²) in [7, 11) is 0. The van der Waals surface area contributed by atoms with Crippen LogP contribution in [0.3, 0.4) is 0 Å². The van der Waals surface area contributed by atoms with Gasteiger partial charge in [-0.3, -0.25) is 9.59 Å². The number of rotatable bonds is 6. The highest BCUT2D eigenvalue weighted by atomic mass is 35.5. The van der Waals surface area contributed by atoms with Gasteiger partial charge in [0, 0.05) is 20.0 Å². The van der Waals surface area contributed by atoms with Crippen molar-refractivity contribution in [2.45, 2.75) is 19.9 Å². The number of aliphatic carboxylic acids is 1. The first-order valence-corrected chi connectivity index (χ1v) is 7.22. The molecule has 8 nitrogen and oxygen atoms in total. The molecule has 1 unspecified atom stereocenters. The fourth-order valence-electron chi connectivity index (χ4n) is 2.29. The number of hydrogen-bond donors (Lipinski definition) is 3. The molecule has 0 saturated carbocycles. The first kappa shape index (κ1) is 20.4. The van der Waals surface area contributed by atoms with Crippen molar-refractivity contribution in [2.75, 3.05) is 13.1 Å². The van der Waals surface area contributed by atoms with Crippen LogP contribution in [0, 0.1) is 5.82 Å². The van der Waals surface area contributed by atoms with Gasteiger partial charge in [-0.05, 0) is 19.1 Å². The van der Waals surface area contributed by atoms with Gasteiger partial charge >= 0.3 is 5.97 Å². The first-order chi connectivity index (χ1) is 11.3. The van der Waals surface area contributed by atoms with Crippen molar-refractivity contribution in [3.05, 3.63) is 29.8 Å². The smallest absolute Gasteiger partial charge is 0.326 e. The summed E-state index contributed by atoms with van der Waals surface area (Å²) in [5.41, 5.74) is 0.550. The van der Waals surface area contributed by atoms with Gasteiger partial charge in [-0.25, -0.2) is 14.2 Å². The quantitative estimate of drug-likeness (QED) is 0.704. The summed E-state index contributed by atoms with van der Waals surface area (Å²) in [6.07, 6.45) is 1.32. The number of carbonyl (C=O) groups excluding carboxylic acids is 2. The minimum absolute atomic E-state index is 0. The Balaban J connectivity index is 0.00000312. The monoisotopic (exact) mass is 372 g/mol. The van der Waals surface area contributed by atoms with E-state index < -0.39 is 23.7 Å². The van der Waals surface area contributed by atoms with Gasteiger partial charge in [0.15, 0.2) is 0 Å². The third kappa shape index (κ3) is 4.66. The number of nitrogens with one attached hydrogen (secondary N) is 2. The Labute approximate surface area is 148 Å². The van der Waals surface area contributed by atoms with Crippen molar-refractivity contribution in [3.63, 3.8) is 0 Å². The van der Waals surface area contributed by atoms with Crippen molar-refractivity contribution in [2.24, 2.45) is 0 Å². The average Bonchev–Trinajstić information content (AvgIpc) is 2.97. The number of amides is 2. The van der Waals surface area contributed by atoms with Gasteiger partial charge in [-0.15, -0.1) is 12.4 Å². The van der Waals surface area contributed by atoms with Crippen LogP contribution >= 0.6 is 12.4 Å². The molecule has 0 bridgehead atoms. The Hall–Kier alpha value is -2.68. The number of aromatic nitrogens is 2. The maximum Gasteiger partial charge on any atom is 0.326 e. The standard InChI is InChI=1S/C15H17FN4O4.ClH/c1-8(15(23)24)20(4-3-17-9(2)21)14(22)11-5-10(16)6-12-13(11)19-7-18-12;/h5-8H,3-4H2,1-2H3,(H,17,21)(H,18,19)(H,23,24);1H. The molecule has 0 fully saturated rings. The zero-order valence-electron chi connectivity index (χ0n) is 13.6. The molecular weight excluding hydrogens is 355 g/mol. The van der Waals surface area contributed by atoms with E-state index in [0.29, 0.717) is 5.52 Å². The van der Waals surface area contributed by atoms with Crippen LogP contribution in [0.4, 0.5) is 4.39 Å². The van der Waals surface area contributed by atoms with Crippen LogP contribution < -0.4 is 5.32 Å². The molecule has 1 heterocycles. The topological polar surface area (TPSA) is 115 Å². The van der Waals surface area contributed by atoms with Gasteiger partial charge in [-0.1, -0.05) is 0 Å². The molecule has 0 aliphatic heterocycles. The maximum atomic E-state index is 13.7. The fourth-order valence-corrected chi connectivity index (χ4v) is 2.29. The number of aromatic amines is 1. The van der Waals surface area contributed by atoms with Crippen LogP contribution in [-0.4, -0.2) is 56.9 Å². The summed E-state index contributed by atoms with van der Waals surface area (Å²) in [4.78, 5) is 42.8. The normalized spacial score (nSPS) is 11.5. The Morgan fingerprint density at radius 2 is 2.08 bits per heavy atom. The molecule has 0 aliphatic rings. The van der Waals surface area contributed by atoms with E-state index in [2.05, 4.69) is 15.3 Å². The zero-order valence-corrected chi connectivity index (χ0v) is 14.4. The van der Waals surface area contributed by atoms with Crippen molar-refractivity contribution in [1.82, 2.24) is 20.2 Å². The lowest BCUT2D eigenvalue weighted by Gasteiger charge is -2.26. The van der Waals surface area contributed by atoms with Gasteiger partial charge in [-0.2, -0.15) is 0 Å². The van der Waals surface area contributed by atoms with E-state index >= 15 is 0 Å². The van der Waals surface area contributed by atoms with Crippen LogP contribution in [0.1, 0.15) is 24.2 Å². The molecule has 10 heteroatoms. The molecule has 25 heavy (non-hydrogen) atoms. The minimum Gasteiger partial charge on any atom is -0.480 e. The summed E-state index contributed by atoms with van der Waals surface area (Å²) < 4.78 is 13.7. The molecule has 0 spiro atoms. The number of imidazole rings is 1. The second-order valence-electron chi connectivity index (χ2n) is 5.25. The Morgan fingerprint density at radius 3 is 2.68 bits per heavy atom. The van der Waals surface area contributed by atoms with Gasteiger partial charge in [0.05, 0.1) is 17.4 Å². The number of hydrogen-bond acceptors (Lipinski definition) is 4. The lowest BCUT2D eigenvalue weighted by Crippen LogP contribution is -2.46. The predicted octanol–water partition coefficient (Wildman–Crippen LogP) is 1.18. The van der Waals surface area contributed by atoms with Crippen LogP contribution in [-0.2, 0) is 9.59 Å². The van der Waals surface area contributed by atoms with E-state index in [9.17, 15) is 23.9 Å². The lowest BCUT2D eigenvalue weighted by atomic mass is 10.1. The number of carbonyl (C=O) groups is 3. The molecule has 1 aromatic carbocycles. The van der Waals surface area contributed by atoms with Crippen LogP contribution in [0.25, 0.3) is 11.0 Å². The molecule has 1 aromatic heterocycles. The molecule has 1 atom stereocenters. The largest absolute Gasteiger partial charge is 0.480 e. The summed E-state index contributed by atoms with van der Waals surface area (Å²) >= 11 is 0. The molecule has 2 aromatic rings. The third-order valence-electron chi connectivity index (χ3n) is 3.53. The predicted molar refractivity (Wildman–Crippen MR) is 90.1 cm³/mol. The van der Waals surface area contributed by atoms with Gasteiger partial charge in [0.1, 0.15) is 17.4 Å². The highest BCUT2D eigenvalue weighted by Crippen LogP contribution is 2.20. The van der Waals surface area contributed by atoms with Gasteiger partial charge in [0.25, 0.3) is 5.91 Å². The number of fused-ring (bicyclic) bond motifs is 1. The van der Waals surface area contributed by atoms with E-state index in [1.165, 1.54) is 26.2 Å². The fraction of sp³-hybridized carbons (Fsp3) is 0.333. The maximum absolute atomic E-state index is 13.7. The summed E-state index contributed by atoms with van der Waals surface area (Å²) in [6, 6.07) is 1.07. The number of H-pyrrole nitrogens is 1. The molecule has 0 aliphatic carbocycles. The Morgan fingerprint density at radius 1 is 1.40 bits per heavy atom. The molecule has 136 valence electrons. The number of carboxylic acid groups (broad SMARTS) is 1. The number of nitrogens with zero attached hydrogens (tertiary/aromatic N) is 2.